The van der Waals surface area contributed by atoms with Gasteiger partial charge in [-0.15, -0.1) is 35.3 Å². The molecule has 1 atom stereocenters. The molecule has 0 bridgehead atoms. The van der Waals surface area contributed by atoms with Gasteiger partial charge in [-0.1, -0.05) is 32.0 Å². The molecule has 2 heterocycles. The van der Waals surface area contributed by atoms with Gasteiger partial charge >= 0.3 is 0 Å². The number of thiophene rings is 1. The van der Waals surface area contributed by atoms with Crippen molar-refractivity contribution in [2.24, 2.45) is 4.99 Å². The van der Waals surface area contributed by atoms with Gasteiger partial charge in [0.2, 0.25) is 0 Å². The third-order valence-corrected chi connectivity index (χ3v) is 6.32. The first-order valence-corrected chi connectivity index (χ1v) is 10.9. The van der Waals surface area contributed by atoms with E-state index in [1.54, 1.807) is 30.5 Å². The number of ether oxygens (including phenoxy) is 1. The highest BCUT2D eigenvalue weighted by Crippen LogP contribution is 2.26. The Morgan fingerprint density at radius 3 is 2.63 bits per heavy atom. The molecule has 0 amide bonds. The van der Waals surface area contributed by atoms with E-state index in [0.717, 1.165) is 44.4 Å². The Morgan fingerprint density at radius 2 is 2.00 bits per heavy atom. The van der Waals surface area contributed by atoms with Gasteiger partial charge in [0.1, 0.15) is 5.82 Å². The van der Waals surface area contributed by atoms with Crippen LogP contribution in [0.1, 0.15) is 30.3 Å². The van der Waals surface area contributed by atoms with Crippen LogP contribution in [0.5, 0.6) is 0 Å². The largest absolute Gasteiger partial charge is 0.379 e. The zero-order valence-electron chi connectivity index (χ0n) is 17.9. The second kappa shape index (κ2) is 12.0. The molecule has 1 aliphatic heterocycles. The van der Waals surface area contributed by atoms with E-state index in [-0.39, 0.29) is 41.3 Å². The van der Waals surface area contributed by atoms with Gasteiger partial charge in [-0.25, -0.2) is 4.39 Å². The lowest BCUT2D eigenvalue weighted by Gasteiger charge is -2.34. The van der Waals surface area contributed by atoms with Crippen LogP contribution in [0.25, 0.3) is 0 Å². The first-order chi connectivity index (χ1) is 14.0. The SMILES string of the molecule is CN=C(NCC(c1cccs1)N1CCOCC1)NCC(C)(C)c1cccc(F)c1.I. The average molecular weight is 546 g/mol. The Hall–Kier alpha value is -1.23. The number of halogens is 2. The van der Waals surface area contributed by atoms with Gasteiger partial charge in [0.15, 0.2) is 5.96 Å². The minimum atomic E-state index is -0.225. The Balaban J connectivity index is 0.00000320. The molecule has 1 fully saturated rings. The molecule has 30 heavy (non-hydrogen) atoms. The van der Waals surface area contributed by atoms with Crippen molar-refractivity contribution in [1.82, 2.24) is 15.5 Å². The minimum absolute atomic E-state index is 0. The first kappa shape index (κ1) is 25.0. The molecule has 1 aromatic carbocycles. The van der Waals surface area contributed by atoms with E-state index in [0.29, 0.717) is 6.54 Å². The highest BCUT2D eigenvalue weighted by Gasteiger charge is 2.25. The van der Waals surface area contributed by atoms with Gasteiger partial charge in [-0.3, -0.25) is 9.89 Å². The highest BCUT2D eigenvalue weighted by molar-refractivity contribution is 14.0. The van der Waals surface area contributed by atoms with E-state index < -0.39 is 0 Å². The number of benzene rings is 1. The van der Waals surface area contributed by atoms with E-state index in [9.17, 15) is 4.39 Å². The van der Waals surface area contributed by atoms with Crippen molar-refractivity contribution in [2.45, 2.75) is 25.3 Å². The number of rotatable bonds is 7. The average Bonchev–Trinajstić information content (AvgIpc) is 3.26. The highest BCUT2D eigenvalue weighted by atomic mass is 127. The van der Waals surface area contributed by atoms with Crippen molar-refractivity contribution < 1.29 is 9.13 Å². The van der Waals surface area contributed by atoms with E-state index in [2.05, 4.69) is 51.9 Å². The van der Waals surface area contributed by atoms with Gasteiger partial charge in [0.25, 0.3) is 0 Å². The van der Waals surface area contributed by atoms with Crippen molar-refractivity contribution in [1.29, 1.82) is 0 Å². The Morgan fingerprint density at radius 1 is 1.23 bits per heavy atom. The summed E-state index contributed by atoms with van der Waals surface area (Å²) in [6, 6.07) is 11.4. The molecule has 5 nitrogen and oxygen atoms in total. The monoisotopic (exact) mass is 546 g/mol. The van der Waals surface area contributed by atoms with Gasteiger partial charge in [0, 0.05) is 43.5 Å². The summed E-state index contributed by atoms with van der Waals surface area (Å²) in [5, 5.41) is 9.01. The molecule has 1 aromatic heterocycles. The molecule has 0 saturated carbocycles. The molecule has 1 aliphatic rings. The number of nitrogens with one attached hydrogen (secondary N) is 2. The molecule has 166 valence electrons. The van der Waals surface area contributed by atoms with Crippen molar-refractivity contribution in [3.05, 3.63) is 58.0 Å². The lowest BCUT2D eigenvalue weighted by atomic mass is 9.84. The zero-order chi connectivity index (χ0) is 20.7. The molecule has 0 aliphatic carbocycles. The molecule has 3 rings (SSSR count). The van der Waals surface area contributed by atoms with Gasteiger partial charge in [-0.2, -0.15) is 0 Å². The lowest BCUT2D eigenvalue weighted by molar-refractivity contribution is 0.0177. The molecule has 2 aromatic rings. The standard InChI is InChI=1S/C22H31FN4OS.HI/c1-22(2,17-6-4-7-18(23)14-17)16-26-21(24-3)25-15-19(20-8-5-13-29-20)27-9-11-28-12-10-27;/h4-8,13-14,19H,9-12,15-16H2,1-3H3,(H2,24,25,26);1H. The van der Waals surface area contributed by atoms with Crippen LogP contribution >= 0.6 is 35.3 Å². The topological polar surface area (TPSA) is 48.9 Å². The van der Waals surface area contributed by atoms with E-state index >= 15 is 0 Å². The van der Waals surface area contributed by atoms with E-state index in [1.807, 2.05) is 6.07 Å². The van der Waals surface area contributed by atoms with Crippen LogP contribution in [-0.4, -0.2) is 57.3 Å². The Bertz CT molecular complexity index is 794. The smallest absolute Gasteiger partial charge is 0.191 e. The number of morpholine rings is 1. The third-order valence-electron chi connectivity index (χ3n) is 5.35. The van der Waals surface area contributed by atoms with Crippen molar-refractivity contribution in [2.75, 3.05) is 46.4 Å². The molecule has 0 radical (unpaired) electrons. The predicted molar refractivity (Wildman–Crippen MR) is 134 cm³/mol. The number of hydrogen-bond acceptors (Lipinski definition) is 4. The summed E-state index contributed by atoms with van der Waals surface area (Å²) in [4.78, 5) is 8.19. The van der Waals surface area contributed by atoms with Crippen LogP contribution in [0.15, 0.2) is 46.8 Å². The van der Waals surface area contributed by atoms with Gasteiger partial charge in [-0.05, 0) is 29.1 Å². The van der Waals surface area contributed by atoms with Gasteiger partial charge < -0.3 is 15.4 Å². The minimum Gasteiger partial charge on any atom is -0.379 e. The normalized spacial score (nSPS) is 16.6. The molecule has 8 heteroatoms. The quantitative estimate of drug-likeness (QED) is 0.313. The van der Waals surface area contributed by atoms with Crippen LogP contribution in [0.3, 0.4) is 0 Å². The van der Waals surface area contributed by atoms with E-state index in [1.165, 1.54) is 10.9 Å². The van der Waals surface area contributed by atoms with Crippen molar-refractivity contribution >= 4 is 41.3 Å². The third kappa shape index (κ3) is 6.90. The van der Waals surface area contributed by atoms with Crippen molar-refractivity contribution in [3.8, 4) is 0 Å². The summed E-state index contributed by atoms with van der Waals surface area (Å²) in [6.07, 6.45) is 0. The Labute approximate surface area is 200 Å². The summed E-state index contributed by atoms with van der Waals surface area (Å²) < 4.78 is 19.1. The lowest BCUT2D eigenvalue weighted by Crippen LogP contribution is -2.48. The molecule has 1 saturated heterocycles. The maximum absolute atomic E-state index is 13.6. The summed E-state index contributed by atoms with van der Waals surface area (Å²) in [5.41, 5.74) is 0.738. The molecular weight excluding hydrogens is 514 g/mol. The zero-order valence-corrected chi connectivity index (χ0v) is 21.0. The van der Waals surface area contributed by atoms with Crippen LogP contribution in [-0.2, 0) is 10.2 Å². The molecule has 1 unspecified atom stereocenters. The summed E-state index contributed by atoms with van der Waals surface area (Å²) >= 11 is 1.78. The second-order valence-corrected chi connectivity index (χ2v) is 8.86. The molecule has 2 N–H and O–H groups in total. The summed E-state index contributed by atoms with van der Waals surface area (Å²) in [6.45, 7) is 9.03. The number of hydrogen-bond donors (Lipinski definition) is 2. The molecule has 0 spiro atoms. The predicted octanol–water partition coefficient (Wildman–Crippen LogP) is 4.02. The summed E-state index contributed by atoms with van der Waals surface area (Å²) in [5.74, 6) is 0.548. The summed E-state index contributed by atoms with van der Waals surface area (Å²) in [7, 11) is 1.78. The fourth-order valence-electron chi connectivity index (χ4n) is 3.51. The van der Waals surface area contributed by atoms with E-state index in [4.69, 9.17) is 4.74 Å². The fourth-order valence-corrected chi connectivity index (χ4v) is 4.37. The molecular formula is C22H32FIN4OS. The number of nitrogens with zero attached hydrogens (tertiary/aromatic N) is 2. The second-order valence-electron chi connectivity index (χ2n) is 7.88. The first-order valence-electron chi connectivity index (χ1n) is 10.1. The van der Waals surface area contributed by atoms with Crippen LogP contribution < -0.4 is 10.6 Å². The van der Waals surface area contributed by atoms with Crippen molar-refractivity contribution in [3.63, 3.8) is 0 Å². The van der Waals surface area contributed by atoms with Gasteiger partial charge in [0.05, 0.1) is 19.3 Å². The number of guanidine groups is 1. The maximum atomic E-state index is 13.6. The fraction of sp³-hybridized carbons (Fsp3) is 0.500. The maximum Gasteiger partial charge on any atom is 0.191 e. The van der Waals surface area contributed by atoms with Crippen LogP contribution in [0, 0.1) is 5.82 Å². The van der Waals surface area contributed by atoms with Crippen LogP contribution in [0.2, 0.25) is 0 Å². The number of aliphatic imine (C=N–C) groups is 1. The Kier molecular flexibility index (Phi) is 9.99. The van der Waals surface area contributed by atoms with Crippen LogP contribution in [0.4, 0.5) is 4.39 Å².